The van der Waals surface area contributed by atoms with Crippen molar-refractivity contribution in [2.75, 3.05) is 26.0 Å². The maximum Gasteiger partial charge on any atom is 0.261 e. The molecule has 2 aliphatic rings. The maximum atomic E-state index is 14.5. The molecular formula is C27H27BrF2N2O3S2. The van der Waals surface area contributed by atoms with Crippen molar-refractivity contribution in [1.82, 2.24) is 10.2 Å². The summed E-state index contributed by atoms with van der Waals surface area (Å²) < 4.78 is 45.9. The van der Waals surface area contributed by atoms with Crippen LogP contribution in [-0.4, -0.2) is 41.3 Å². The largest absolute Gasteiger partial charge is 0.612 e. The van der Waals surface area contributed by atoms with E-state index >= 15 is 0 Å². The monoisotopic (exact) mass is 608 g/mol. The van der Waals surface area contributed by atoms with Gasteiger partial charge in [-0.25, -0.2) is 8.78 Å². The third-order valence-electron chi connectivity index (χ3n) is 7.08. The Labute approximate surface area is 230 Å². The Morgan fingerprint density at radius 1 is 1.22 bits per heavy atom. The third-order valence-corrected chi connectivity index (χ3v) is 10.1. The number of fused-ring (bicyclic) bond motifs is 2. The van der Waals surface area contributed by atoms with E-state index in [1.807, 2.05) is 30.3 Å². The van der Waals surface area contributed by atoms with Crippen molar-refractivity contribution in [1.29, 1.82) is 0 Å². The first-order valence-corrected chi connectivity index (χ1v) is 15.2. The Morgan fingerprint density at radius 3 is 2.65 bits per heavy atom. The maximum absolute atomic E-state index is 14.5. The van der Waals surface area contributed by atoms with Crippen LogP contribution in [0.4, 0.5) is 8.78 Å². The highest BCUT2D eigenvalue weighted by molar-refractivity contribution is 9.10. The van der Waals surface area contributed by atoms with E-state index in [2.05, 4.69) is 26.1 Å². The van der Waals surface area contributed by atoms with Gasteiger partial charge in [0.15, 0.2) is 4.90 Å². The van der Waals surface area contributed by atoms with Gasteiger partial charge in [0.2, 0.25) is 0 Å². The van der Waals surface area contributed by atoms with Crippen LogP contribution in [0.25, 0.3) is 0 Å². The van der Waals surface area contributed by atoms with Crippen molar-refractivity contribution >= 4 is 44.3 Å². The average Bonchev–Trinajstić information content (AvgIpc) is 3.35. The van der Waals surface area contributed by atoms with Crippen molar-refractivity contribution in [3.05, 3.63) is 85.0 Å². The number of likely N-dealkylation sites (tertiary alicyclic amines) is 1. The molecule has 1 amide bonds. The van der Waals surface area contributed by atoms with Crippen LogP contribution < -0.4 is 5.32 Å². The average molecular weight is 610 g/mol. The lowest BCUT2D eigenvalue weighted by Crippen LogP contribution is -2.45. The third kappa shape index (κ3) is 5.65. The summed E-state index contributed by atoms with van der Waals surface area (Å²) in [4.78, 5) is 17.7. The molecule has 1 unspecified atom stereocenters. The number of nitrogens with zero attached hydrogens (tertiary/aromatic N) is 1. The minimum absolute atomic E-state index is 0.118. The molecule has 1 aromatic heterocycles. The summed E-state index contributed by atoms with van der Waals surface area (Å²) in [6, 6.07) is 12.2. The lowest BCUT2D eigenvalue weighted by atomic mass is 9.85. The molecular weight excluding hydrogens is 582 g/mol. The van der Waals surface area contributed by atoms with Crippen molar-refractivity contribution in [2.24, 2.45) is 0 Å². The molecule has 3 aromatic rings. The molecule has 10 heteroatoms. The van der Waals surface area contributed by atoms with Crippen LogP contribution >= 0.6 is 27.3 Å². The van der Waals surface area contributed by atoms with E-state index in [0.29, 0.717) is 43.2 Å². The summed E-state index contributed by atoms with van der Waals surface area (Å²) in [5.74, 6) is -1.28. The lowest BCUT2D eigenvalue weighted by Gasteiger charge is -2.43. The highest BCUT2D eigenvalue weighted by Crippen LogP contribution is 2.45. The quantitative estimate of drug-likeness (QED) is 0.296. The van der Waals surface area contributed by atoms with E-state index in [4.69, 9.17) is 4.74 Å². The second-order valence-electron chi connectivity index (χ2n) is 9.45. The summed E-state index contributed by atoms with van der Waals surface area (Å²) in [5, 5.41) is 2.99. The van der Waals surface area contributed by atoms with E-state index in [-0.39, 0.29) is 10.4 Å². The number of benzene rings is 2. The predicted octanol–water partition coefficient (Wildman–Crippen LogP) is 5.52. The van der Waals surface area contributed by atoms with Gasteiger partial charge in [-0.1, -0.05) is 18.2 Å². The molecule has 0 aliphatic carbocycles. The number of rotatable bonds is 6. The molecule has 5 nitrogen and oxygen atoms in total. The topological polar surface area (TPSA) is 64.6 Å². The first-order valence-electron chi connectivity index (χ1n) is 12.1. The van der Waals surface area contributed by atoms with E-state index < -0.39 is 28.4 Å². The zero-order valence-electron chi connectivity index (χ0n) is 20.3. The fourth-order valence-electron chi connectivity index (χ4n) is 4.97. The molecule has 37 heavy (non-hydrogen) atoms. The molecule has 0 bridgehead atoms. The molecule has 1 fully saturated rings. The Kier molecular flexibility index (Phi) is 8.04. The van der Waals surface area contributed by atoms with Crippen molar-refractivity contribution in [2.45, 2.75) is 42.8 Å². The van der Waals surface area contributed by atoms with E-state index in [9.17, 15) is 18.1 Å². The molecule has 196 valence electrons. The van der Waals surface area contributed by atoms with Crippen LogP contribution in [0.1, 0.15) is 44.1 Å². The minimum atomic E-state index is -1.03. The van der Waals surface area contributed by atoms with Crippen molar-refractivity contribution < 1.29 is 22.9 Å². The van der Waals surface area contributed by atoms with Gasteiger partial charge in [0.05, 0.1) is 16.0 Å². The number of thiophene rings is 1. The zero-order chi connectivity index (χ0) is 26.2. The van der Waals surface area contributed by atoms with Crippen molar-refractivity contribution in [3.63, 3.8) is 0 Å². The number of carbonyl (C=O) groups is 1. The smallest absolute Gasteiger partial charge is 0.261 e. The summed E-state index contributed by atoms with van der Waals surface area (Å²) in [5.41, 5.74) is 2.14. The van der Waals surface area contributed by atoms with Crippen LogP contribution in [0, 0.1) is 11.6 Å². The summed E-state index contributed by atoms with van der Waals surface area (Å²) in [7, 11) is 0. The van der Waals surface area contributed by atoms with Crippen LogP contribution in [0.15, 0.2) is 51.8 Å². The highest BCUT2D eigenvalue weighted by Gasteiger charge is 2.42. The van der Waals surface area contributed by atoms with Gasteiger partial charge in [-0.3, -0.25) is 9.69 Å². The number of amides is 1. The number of ether oxygens (including phenoxy) is 1. The molecule has 0 radical (unpaired) electrons. The van der Waals surface area contributed by atoms with E-state index in [1.54, 1.807) is 6.26 Å². The first-order chi connectivity index (χ1) is 17.8. The number of halogens is 3. The van der Waals surface area contributed by atoms with Crippen LogP contribution in [0.2, 0.25) is 0 Å². The molecule has 1 atom stereocenters. The molecule has 3 heterocycles. The molecule has 0 saturated carbocycles. The second-order valence-corrected chi connectivity index (χ2v) is 12.7. The van der Waals surface area contributed by atoms with Crippen LogP contribution in [0.5, 0.6) is 0 Å². The Bertz CT molecular complexity index is 1290. The highest BCUT2D eigenvalue weighted by atomic mass is 79.9. The number of hydrogen-bond acceptors (Lipinski definition) is 5. The summed E-state index contributed by atoms with van der Waals surface area (Å²) in [6.45, 7) is 2.83. The number of carbonyl (C=O) groups excluding carboxylic acids is 1. The minimum Gasteiger partial charge on any atom is -0.612 e. The van der Waals surface area contributed by atoms with E-state index in [0.717, 1.165) is 40.2 Å². The fraction of sp³-hybridized carbons (Fsp3) is 0.370. The Morgan fingerprint density at radius 2 is 1.95 bits per heavy atom. The Hall–Kier alpha value is -1.82. The molecule has 2 aromatic carbocycles. The van der Waals surface area contributed by atoms with Crippen LogP contribution in [0.3, 0.4) is 0 Å². The number of piperidine rings is 1. The predicted molar refractivity (Wildman–Crippen MR) is 144 cm³/mol. The van der Waals surface area contributed by atoms with Crippen molar-refractivity contribution in [3.8, 4) is 0 Å². The molecule has 2 aliphatic heterocycles. The van der Waals surface area contributed by atoms with Gasteiger partial charge in [0, 0.05) is 36.6 Å². The fourth-order valence-corrected chi connectivity index (χ4v) is 7.21. The van der Waals surface area contributed by atoms with Gasteiger partial charge >= 0.3 is 0 Å². The summed E-state index contributed by atoms with van der Waals surface area (Å²) in [6.07, 6.45) is 3.91. The number of hydrogen-bond donors (Lipinski definition) is 1. The number of nitrogens with one attached hydrogen (secondary N) is 1. The molecule has 1 N–H and O–H groups in total. The van der Waals surface area contributed by atoms with Gasteiger partial charge in [-0.15, -0.1) is 11.3 Å². The van der Waals surface area contributed by atoms with Gasteiger partial charge in [-0.2, -0.15) is 0 Å². The molecule has 1 saturated heterocycles. The normalized spacial score (nSPS) is 18.0. The molecule has 1 spiro atoms. The zero-order valence-corrected chi connectivity index (χ0v) is 23.5. The van der Waals surface area contributed by atoms with Crippen LogP contribution in [-0.2, 0) is 41.0 Å². The van der Waals surface area contributed by atoms with Gasteiger partial charge in [0.1, 0.15) is 23.5 Å². The molecule has 5 rings (SSSR count). The standard InChI is InChI=1S/C27H27BrF2N2O3S2/c1-37(34)20-5-2-17(3-6-20)15-31-26(33)22-14-18-8-13-35-27(25(18)36-22)9-11-32(12-10-27)16-19-4-7-21(29)23(28)24(19)30/h2-7,14H,8-13,15-16H2,1H3,(H,31,33). The second kappa shape index (κ2) is 11.1. The van der Waals surface area contributed by atoms with Gasteiger partial charge in [-0.05, 0) is 81.8 Å². The SMILES string of the molecule is C[S+]([O-])c1ccc(CNC(=O)c2cc3c(s2)C2(CCN(Cc4ccc(F)c(Br)c4F)CC2)OCC3)cc1. The Balaban J connectivity index is 1.23. The van der Waals surface area contributed by atoms with E-state index in [1.165, 1.54) is 23.5 Å². The van der Waals surface area contributed by atoms with Gasteiger partial charge in [0.25, 0.3) is 5.91 Å². The lowest BCUT2D eigenvalue weighted by molar-refractivity contribution is -0.0961. The summed E-state index contributed by atoms with van der Waals surface area (Å²) >= 11 is 3.45. The first kappa shape index (κ1) is 26.8. The van der Waals surface area contributed by atoms with Gasteiger partial charge < -0.3 is 14.6 Å².